The smallest absolute Gasteiger partial charge is 0.284 e. The zero-order valence-corrected chi connectivity index (χ0v) is 18.9. The van der Waals surface area contributed by atoms with Gasteiger partial charge in [-0.2, -0.15) is 0 Å². The third kappa shape index (κ3) is 4.34. The molecule has 1 saturated heterocycles. The summed E-state index contributed by atoms with van der Waals surface area (Å²) in [6.45, 7) is 4.91. The number of rotatable bonds is 8. The van der Waals surface area contributed by atoms with Crippen molar-refractivity contribution >= 4 is 23.6 Å². The molecule has 0 aromatic heterocycles. The molecule has 0 N–H and O–H groups in total. The van der Waals surface area contributed by atoms with Crippen LogP contribution < -0.4 is 0 Å². The summed E-state index contributed by atoms with van der Waals surface area (Å²) >= 11 is 0. The van der Waals surface area contributed by atoms with Crippen molar-refractivity contribution in [2.24, 2.45) is 4.99 Å². The highest BCUT2D eigenvalue weighted by Gasteiger charge is 2.52. The predicted molar refractivity (Wildman–Crippen MR) is 125 cm³/mol. The second-order valence-corrected chi connectivity index (χ2v) is 8.34. The highest BCUT2D eigenvalue weighted by atomic mass is 16.2. The van der Waals surface area contributed by atoms with Crippen molar-refractivity contribution in [2.75, 3.05) is 27.2 Å². The molecule has 0 bridgehead atoms. The molecule has 32 heavy (non-hydrogen) atoms. The van der Waals surface area contributed by atoms with Gasteiger partial charge in [-0.25, -0.2) is 9.37 Å². The number of amides is 3. The Morgan fingerprint density at radius 1 is 0.875 bits per heavy atom. The summed E-state index contributed by atoms with van der Waals surface area (Å²) in [6.07, 6.45) is 0.884. The Hall–Kier alpha value is -3.32. The highest BCUT2D eigenvalue weighted by Crippen LogP contribution is 2.20. The van der Waals surface area contributed by atoms with Crippen molar-refractivity contribution in [1.29, 1.82) is 0 Å². The predicted octanol–water partition coefficient (Wildman–Crippen LogP) is 2.81. The van der Waals surface area contributed by atoms with Crippen LogP contribution >= 0.6 is 0 Å². The number of fused-ring (bicyclic) bond motifs is 1. The van der Waals surface area contributed by atoms with E-state index in [1.807, 2.05) is 36.4 Å². The molecule has 7 nitrogen and oxygen atoms in total. The first-order valence-corrected chi connectivity index (χ1v) is 11.1. The Bertz CT molecular complexity index is 1010. The Balaban J connectivity index is 1.67. The molecule has 2 aliphatic heterocycles. The maximum Gasteiger partial charge on any atom is 0.333 e. The minimum absolute atomic E-state index is 0.215. The van der Waals surface area contributed by atoms with Gasteiger partial charge in [0.05, 0.1) is 6.54 Å². The third-order valence-corrected chi connectivity index (χ3v) is 5.94. The molecule has 7 heteroatoms. The van der Waals surface area contributed by atoms with Crippen molar-refractivity contribution in [3.63, 3.8) is 0 Å². The number of imide groups is 1. The van der Waals surface area contributed by atoms with Crippen LogP contribution in [-0.4, -0.2) is 76.1 Å². The number of aliphatic imine (C=N–C) groups is 1. The largest absolute Gasteiger partial charge is 0.333 e. The summed E-state index contributed by atoms with van der Waals surface area (Å²) in [5.41, 5.74) is 2.44. The van der Waals surface area contributed by atoms with Crippen molar-refractivity contribution in [3.05, 3.63) is 71.8 Å². The van der Waals surface area contributed by atoms with Crippen LogP contribution in [0.25, 0.3) is 0 Å². The van der Waals surface area contributed by atoms with Crippen LogP contribution in [0.5, 0.6) is 0 Å². The highest BCUT2D eigenvalue weighted by molar-refractivity contribution is 6.23. The number of carbonyl (C=O) groups excluding carboxylic acids is 2. The van der Waals surface area contributed by atoms with Gasteiger partial charge in [-0.15, -0.1) is 0 Å². The number of nitrogens with zero attached hydrogens (tertiary/aromatic N) is 5. The molecule has 2 aliphatic rings. The molecule has 4 rings (SSSR count). The van der Waals surface area contributed by atoms with Crippen LogP contribution in [0.1, 0.15) is 24.5 Å². The van der Waals surface area contributed by atoms with Crippen LogP contribution in [0.15, 0.2) is 65.7 Å². The Kier molecular flexibility index (Phi) is 6.46. The molecule has 0 saturated carbocycles. The zero-order chi connectivity index (χ0) is 22.7. The normalized spacial score (nSPS) is 18.5. The van der Waals surface area contributed by atoms with Gasteiger partial charge in [0, 0.05) is 27.2 Å². The third-order valence-electron chi connectivity index (χ3n) is 5.94. The molecule has 2 aromatic rings. The van der Waals surface area contributed by atoms with Crippen LogP contribution in [-0.2, 0) is 17.9 Å². The first-order chi connectivity index (χ1) is 15.5. The number of urea groups is 1. The zero-order valence-electron chi connectivity index (χ0n) is 18.9. The van der Waals surface area contributed by atoms with Crippen molar-refractivity contribution < 1.29 is 14.2 Å². The lowest BCUT2D eigenvalue weighted by Gasteiger charge is -2.30. The minimum atomic E-state index is -0.534. The van der Waals surface area contributed by atoms with E-state index in [1.54, 1.807) is 7.05 Å². The SMILES string of the molecule is CCC[N+]1=C(CN(Cc2ccccc2)Cc2ccccc2)N=C2C1C(=O)N(C)C(=O)N2C. The number of hydrogen-bond acceptors (Lipinski definition) is 4. The molecule has 2 heterocycles. The maximum absolute atomic E-state index is 13.0. The Morgan fingerprint density at radius 3 is 1.97 bits per heavy atom. The average Bonchev–Trinajstić information content (AvgIpc) is 3.16. The van der Waals surface area contributed by atoms with Gasteiger partial charge in [-0.05, 0) is 22.5 Å². The van der Waals surface area contributed by atoms with Crippen molar-refractivity contribution in [3.8, 4) is 0 Å². The fourth-order valence-corrected chi connectivity index (χ4v) is 4.33. The van der Waals surface area contributed by atoms with E-state index in [9.17, 15) is 9.59 Å². The van der Waals surface area contributed by atoms with E-state index in [2.05, 4.69) is 40.7 Å². The monoisotopic (exact) mass is 432 g/mol. The van der Waals surface area contributed by atoms with Crippen molar-refractivity contribution in [1.82, 2.24) is 14.7 Å². The van der Waals surface area contributed by atoms with Gasteiger partial charge in [0.2, 0.25) is 0 Å². The van der Waals surface area contributed by atoms with E-state index in [1.165, 1.54) is 28.0 Å². The van der Waals surface area contributed by atoms with E-state index >= 15 is 0 Å². The molecular weight excluding hydrogens is 402 g/mol. The first-order valence-electron chi connectivity index (χ1n) is 11.1. The lowest BCUT2D eigenvalue weighted by molar-refractivity contribution is -0.536. The molecule has 0 radical (unpaired) electrons. The molecule has 166 valence electrons. The van der Waals surface area contributed by atoms with Gasteiger partial charge in [-0.1, -0.05) is 67.6 Å². The van der Waals surface area contributed by atoms with Crippen LogP contribution in [0.2, 0.25) is 0 Å². The van der Waals surface area contributed by atoms with Crippen LogP contribution in [0.4, 0.5) is 4.79 Å². The maximum atomic E-state index is 13.0. The number of benzene rings is 2. The minimum Gasteiger partial charge on any atom is -0.284 e. The summed E-state index contributed by atoms with van der Waals surface area (Å²) in [4.78, 5) is 35.3. The molecule has 1 atom stereocenters. The van der Waals surface area contributed by atoms with E-state index in [-0.39, 0.29) is 11.9 Å². The van der Waals surface area contributed by atoms with Crippen molar-refractivity contribution in [2.45, 2.75) is 32.5 Å². The molecule has 1 unspecified atom stereocenters. The molecule has 0 spiro atoms. The summed E-state index contributed by atoms with van der Waals surface area (Å²) in [5, 5.41) is 0. The summed E-state index contributed by atoms with van der Waals surface area (Å²) in [5.74, 6) is 1.15. The topological polar surface area (TPSA) is 59.2 Å². The molecular formula is C25H30N5O2+. The van der Waals surface area contributed by atoms with Gasteiger partial charge in [0.25, 0.3) is 17.8 Å². The number of carbonyl (C=O) groups is 2. The summed E-state index contributed by atoms with van der Waals surface area (Å²) < 4.78 is 2.07. The Morgan fingerprint density at radius 2 is 1.44 bits per heavy atom. The summed E-state index contributed by atoms with van der Waals surface area (Å²) in [6, 6.07) is 19.8. The van der Waals surface area contributed by atoms with E-state index in [0.717, 1.165) is 25.3 Å². The number of likely N-dealkylation sites (N-methyl/N-ethyl adjacent to an activating group) is 2. The van der Waals surface area contributed by atoms with Gasteiger partial charge in [0.15, 0.2) is 0 Å². The lowest BCUT2D eigenvalue weighted by atomic mass is 10.1. The summed E-state index contributed by atoms with van der Waals surface area (Å²) in [7, 11) is 3.23. The molecule has 3 amide bonds. The van der Waals surface area contributed by atoms with Gasteiger partial charge in [0.1, 0.15) is 6.54 Å². The molecule has 2 aromatic carbocycles. The van der Waals surface area contributed by atoms with Gasteiger partial charge >= 0.3 is 11.9 Å². The second-order valence-electron chi connectivity index (χ2n) is 8.34. The quantitative estimate of drug-likeness (QED) is 0.603. The van der Waals surface area contributed by atoms with E-state index in [4.69, 9.17) is 4.99 Å². The van der Waals surface area contributed by atoms with Gasteiger partial charge in [-0.3, -0.25) is 19.5 Å². The first kappa shape index (κ1) is 21.9. The molecule has 0 aliphatic carbocycles. The fraction of sp³-hybridized carbons (Fsp3) is 0.360. The fourth-order valence-electron chi connectivity index (χ4n) is 4.33. The van der Waals surface area contributed by atoms with E-state index in [0.29, 0.717) is 18.9 Å². The standard InChI is InChI=1S/C25H30N5O2/c1-4-15-30-21(26-23-22(30)24(31)28(3)25(32)27(23)2)18-29(16-19-11-7-5-8-12-19)17-20-13-9-6-10-14-20/h5-14,22H,4,15-18H2,1-3H3/q+1. The lowest BCUT2D eigenvalue weighted by Crippen LogP contribution is -2.61. The Labute approximate surface area is 189 Å². The van der Waals surface area contributed by atoms with Crippen LogP contribution in [0, 0.1) is 0 Å². The van der Waals surface area contributed by atoms with Gasteiger partial charge < -0.3 is 0 Å². The van der Waals surface area contributed by atoms with Crippen LogP contribution in [0.3, 0.4) is 0 Å². The number of amidine groups is 2. The second kappa shape index (κ2) is 9.44. The number of hydrogen-bond donors (Lipinski definition) is 0. The molecule has 1 fully saturated rings. The van der Waals surface area contributed by atoms with E-state index < -0.39 is 6.04 Å². The average molecular weight is 433 g/mol.